The van der Waals surface area contributed by atoms with Crippen molar-refractivity contribution in [1.82, 2.24) is 4.31 Å². The lowest BCUT2D eigenvalue weighted by atomic mass is 9.77. The predicted molar refractivity (Wildman–Crippen MR) is 67.2 cm³/mol. The Bertz CT molecular complexity index is 368. The van der Waals surface area contributed by atoms with Crippen molar-refractivity contribution in [3.05, 3.63) is 0 Å². The molecule has 0 radical (unpaired) electrons. The number of piperidine rings is 1. The smallest absolute Gasteiger partial charge is 0.214 e. The van der Waals surface area contributed by atoms with Crippen LogP contribution in [0.5, 0.6) is 0 Å². The van der Waals surface area contributed by atoms with Crippen molar-refractivity contribution >= 4 is 10.0 Å². The second-order valence-electron chi connectivity index (χ2n) is 5.52. The maximum Gasteiger partial charge on any atom is 0.214 e. The van der Waals surface area contributed by atoms with E-state index in [2.05, 4.69) is 0 Å². The summed E-state index contributed by atoms with van der Waals surface area (Å²) in [5, 5.41) is 10.1. The topological polar surface area (TPSA) is 57.6 Å². The summed E-state index contributed by atoms with van der Waals surface area (Å²) in [6, 6.07) is 0. The number of nitrogens with zero attached hydrogens (tertiary/aromatic N) is 1. The molecule has 2 atom stereocenters. The van der Waals surface area contributed by atoms with E-state index in [1.54, 1.807) is 4.31 Å². The quantitative estimate of drug-likeness (QED) is 0.834. The molecule has 0 unspecified atom stereocenters. The van der Waals surface area contributed by atoms with Gasteiger partial charge in [0.1, 0.15) is 0 Å². The number of aliphatic hydroxyl groups is 1. The van der Waals surface area contributed by atoms with Crippen LogP contribution in [0, 0.1) is 5.41 Å². The molecule has 2 rings (SSSR count). The van der Waals surface area contributed by atoms with Crippen LogP contribution < -0.4 is 0 Å². The van der Waals surface area contributed by atoms with Gasteiger partial charge in [-0.3, -0.25) is 0 Å². The standard InChI is InChI=1S/C12H23NO3S/c1-2-9-17(15,16)13-8-4-7-12(10-13)6-3-5-11(12)14/h11,14H,2-10H2,1H3/t11-,12+/m1/s1. The van der Waals surface area contributed by atoms with Gasteiger partial charge in [0.05, 0.1) is 11.9 Å². The Morgan fingerprint density at radius 3 is 2.65 bits per heavy atom. The molecule has 0 bridgehead atoms. The number of aliphatic hydroxyl groups excluding tert-OH is 1. The van der Waals surface area contributed by atoms with Gasteiger partial charge in [0.15, 0.2) is 0 Å². The van der Waals surface area contributed by atoms with Crippen LogP contribution in [0.4, 0.5) is 0 Å². The van der Waals surface area contributed by atoms with E-state index in [4.69, 9.17) is 0 Å². The summed E-state index contributed by atoms with van der Waals surface area (Å²) < 4.78 is 25.8. The summed E-state index contributed by atoms with van der Waals surface area (Å²) in [7, 11) is -3.10. The van der Waals surface area contributed by atoms with Crippen LogP contribution in [0.1, 0.15) is 45.4 Å². The van der Waals surface area contributed by atoms with Crippen molar-refractivity contribution in [3.8, 4) is 0 Å². The Morgan fingerprint density at radius 1 is 1.35 bits per heavy atom. The fourth-order valence-electron chi connectivity index (χ4n) is 3.34. The predicted octanol–water partition coefficient (Wildman–Crippen LogP) is 1.35. The zero-order valence-corrected chi connectivity index (χ0v) is 11.4. The molecule has 1 saturated heterocycles. The van der Waals surface area contributed by atoms with Crippen molar-refractivity contribution in [1.29, 1.82) is 0 Å². The van der Waals surface area contributed by atoms with Crippen LogP contribution in [-0.2, 0) is 10.0 Å². The van der Waals surface area contributed by atoms with Crippen molar-refractivity contribution in [2.24, 2.45) is 5.41 Å². The highest BCUT2D eigenvalue weighted by molar-refractivity contribution is 7.89. The van der Waals surface area contributed by atoms with E-state index in [1.165, 1.54) is 0 Å². The molecule has 0 amide bonds. The molecule has 1 aliphatic carbocycles. The van der Waals surface area contributed by atoms with E-state index in [-0.39, 0.29) is 17.3 Å². The summed E-state index contributed by atoms with van der Waals surface area (Å²) in [4.78, 5) is 0. The molecule has 2 fully saturated rings. The molecule has 1 saturated carbocycles. The second kappa shape index (κ2) is 4.86. The Morgan fingerprint density at radius 2 is 2.06 bits per heavy atom. The molecule has 2 aliphatic rings. The van der Waals surface area contributed by atoms with Gasteiger partial charge in [-0.25, -0.2) is 12.7 Å². The largest absolute Gasteiger partial charge is 0.392 e. The third kappa shape index (κ3) is 2.51. The van der Waals surface area contributed by atoms with Gasteiger partial charge in [-0.15, -0.1) is 0 Å². The van der Waals surface area contributed by atoms with Crippen LogP contribution >= 0.6 is 0 Å². The van der Waals surface area contributed by atoms with Crippen LogP contribution in [0.2, 0.25) is 0 Å². The zero-order valence-electron chi connectivity index (χ0n) is 10.6. The van der Waals surface area contributed by atoms with Crippen molar-refractivity contribution in [3.63, 3.8) is 0 Å². The Kier molecular flexibility index (Phi) is 3.80. The first-order chi connectivity index (χ1) is 8.00. The summed E-state index contributed by atoms with van der Waals surface area (Å²) >= 11 is 0. The van der Waals surface area contributed by atoms with Gasteiger partial charge in [-0.05, 0) is 32.1 Å². The van der Waals surface area contributed by atoms with Crippen LogP contribution in [0.15, 0.2) is 0 Å². The normalized spacial score (nSPS) is 35.5. The lowest BCUT2D eigenvalue weighted by molar-refractivity contribution is 0.0127. The molecule has 0 aromatic rings. The highest BCUT2D eigenvalue weighted by Crippen LogP contribution is 2.45. The first kappa shape index (κ1) is 13.3. The molecule has 1 N–H and O–H groups in total. The lowest BCUT2D eigenvalue weighted by Crippen LogP contribution is -2.49. The minimum atomic E-state index is -3.10. The lowest BCUT2D eigenvalue weighted by Gasteiger charge is -2.41. The summed E-state index contributed by atoms with van der Waals surface area (Å²) in [6.07, 6.45) is 5.07. The number of rotatable bonds is 3. The third-order valence-corrected chi connectivity index (χ3v) is 6.31. The summed E-state index contributed by atoms with van der Waals surface area (Å²) in [5.41, 5.74) is -0.140. The Balaban J connectivity index is 2.12. The molecule has 4 nitrogen and oxygen atoms in total. The molecule has 1 aliphatic heterocycles. The van der Waals surface area contributed by atoms with Crippen molar-refractivity contribution in [2.45, 2.75) is 51.6 Å². The maximum atomic E-state index is 12.1. The molecular weight excluding hydrogens is 238 g/mol. The average Bonchev–Trinajstić information content (AvgIpc) is 2.60. The monoisotopic (exact) mass is 261 g/mol. The minimum absolute atomic E-state index is 0.140. The molecular formula is C12H23NO3S. The third-order valence-electron chi connectivity index (χ3n) is 4.29. The van der Waals surface area contributed by atoms with Gasteiger partial charge < -0.3 is 5.11 Å². The fraction of sp³-hybridized carbons (Fsp3) is 1.00. The molecule has 17 heavy (non-hydrogen) atoms. The summed E-state index contributed by atoms with van der Waals surface area (Å²) in [6.45, 7) is 3.06. The van der Waals surface area contributed by atoms with E-state index < -0.39 is 10.0 Å². The van der Waals surface area contributed by atoms with Crippen LogP contribution in [0.3, 0.4) is 0 Å². The van der Waals surface area contributed by atoms with Gasteiger partial charge in [-0.1, -0.05) is 13.3 Å². The minimum Gasteiger partial charge on any atom is -0.392 e. The van der Waals surface area contributed by atoms with E-state index in [1.807, 2.05) is 6.92 Å². The van der Waals surface area contributed by atoms with Crippen LogP contribution in [0.25, 0.3) is 0 Å². The molecule has 1 spiro atoms. The number of sulfonamides is 1. The molecule has 5 heteroatoms. The van der Waals surface area contributed by atoms with Gasteiger partial charge in [0.2, 0.25) is 10.0 Å². The average molecular weight is 261 g/mol. The first-order valence-electron chi connectivity index (χ1n) is 6.66. The maximum absolute atomic E-state index is 12.1. The Labute approximate surface area is 104 Å². The SMILES string of the molecule is CCCS(=O)(=O)N1CCC[C@@]2(CCC[C@H]2O)C1. The van der Waals surface area contributed by atoms with E-state index >= 15 is 0 Å². The molecule has 0 aromatic heterocycles. The highest BCUT2D eigenvalue weighted by atomic mass is 32.2. The molecule has 0 aromatic carbocycles. The molecule has 1 heterocycles. The number of hydrogen-bond donors (Lipinski definition) is 1. The fourth-order valence-corrected chi connectivity index (χ4v) is 4.97. The van der Waals surface area contributed by atoms with Crippen molar-refractivity contribution < 1.29 is 13.5 Å². The number of hydrogen-bond acceptors (Lipinski definition) is 3. The van der Waals surface area contributed by atoms with E-state index in [0.29, 0.717) is 19.5 Å². The summed E-state index contributed by atoms with van der Waals surface area (Å²) in [5.74, 6) is 0.235. The van der Waals surface area contributed by atoms with Gasteiger partial charge >= 0.3 is 0 Å². The first-order valence-corrected chi connectivity index (χ1v) is 8.27. The van der Waals surface area contributed by atoms with E-state index in [0.717, 1.165) is 32.1 Å². The molecule has 100 valence electrons. The highest BCUT2D eigenvalue weighted by Gasteiger charge is 2.46. The van der Waals surface area contributed by atoms with Gasteiger partial charge in [0, 0.05) is 18.5 Å². The van der Waals surface area contributed by atoms with Gasteiger partial charge in [0.25, 0.3) is 0 Å². The van der Waals surface area contributed by atoms with E-state index in [9.17, 15) is 13.5 Å². The van der Waals surface area contributed by atoms with Crippen LogP contribution in [-0.4, -0.2) is 42.8 Å². The second-order valence-corrected chi connectivity index (χ2v) is 7.61. The van der Waals surface area contributed by atoms with Gasteiger partial charge in [-0.2, -0.15) is 0 Å². The van der Waals surface area contributed by atoms with Crippen molar-refractivity contribution in [2.75, 3.05) is 18.8 Å². The Hall–Kier alpha value is -0.130. The zero-order chi connectivity index (χ0) is 12.5.